The van der Waals surface area contributed by atoms with Crippen molar-refractivity contribution >= 4 is 5.97 Å². The Morgan fingerprint density at radius 3 is 2.47 bits per heavy atom. The van der Waals surface area contributed by atoms with Crippen LogP contribution in [0.25, 0.3) is 0 Å². The molecule has 0 radical (unpaired) electrons. The van der Waals surface area contributed by atoms with Crippen molar-refractivity contribution in [3.8, 4) is 0 Å². The Bertz CT molecular complexity index is 224. The fraction of sp³-hybridized carbons (Fsp3) is 0.917. The molecule has 1 aliphatic rings. The Morgan fingerprint density at radius 2 is 2.13 bits per heavy atom. The molecule has 1 fully saturated rings. The predicted molar refractivity (Wildman–Crippen MR) is 60.5 cm³/mol. The first-order valence-corrected chi connectivity index (χ1v) is 5.93. The molecule has 0 aromatic rings. The van der Waals surface area contributed by atoms with Crippen LogP contribution in [0, 0.1) is 17.3 Å². The highest BCUT2D eigenvalue weighted by molar-refractivity contribution is 5.75. The number of hydrogen-bond acceptors (Lipinski definition) is 2. The number of nitrogens with two attached hydrogens (primary N) is 1. The van der Waals surface area contributed by atoms with E-state index in [0.717, 1.165) is 19.3 Å². The van der Waals surface area contributed by atoms with Crippen molar-refractivity contribution in [1.29, 1.82) is 0 Å². The van der Waals surface area contributed by atoms with Crippen molar-refractivity contribution in [3.05, 3.63) is 0 Å². The maximum atomic E-state index is 11.3. The monoisotopic (exact) mass is 213 g/mol. The van der Waals surface area contributed by atoms with E-state index >= 15 is 0 Å². The van der Waals surface area contributed by atoms with Crippen LogP contribution in [0.3, 0.4) is 0 Å². The SMILES string of the molecule is CC(C)CCC(CN)(CC1CC1)C(=O)O. The van der Waals surface area contributed by atoms with Crippen molar-refractivity contribution in [1.82, 2.24) is 0 Å². The predicted octanol–water partition coefficient (Wildman–Crippen LogP) is 2.25. The summed E-state index contributed by atoms with van der Waals surface area (Å²) < 4.78 is 0. The van der Waals surface area contributed by atoms with Crippen molar-refractivity contribution in [2.75, 3.05) is 6.54 Å². The van der Waals surface area contributed by atoms with E-state index in [9.17, 15) is 9.90 Å². The van der Waals surface area contributed by atoms with E-state index in [0.29, 0.717) is 11.8 Å². The topological polar surface area (TPSA) is 63.3 Å². The highest BCUT2D eigenvalue weighted by Gasteiger charge is 2.41. The Labute approximate surface area is 92.0 Å². The maximum Gasteiger partial charge on any atom is 0.310 e. The molecule has 0 saturated heterocycles. The lowest BCUT2D eigenvalue weighted by Crippen LogP contribution is -2.39. The van der Waals surface area contributed by atoms with E-state index in [-0.39, 0.29) is 6.54 Å². The number of carboxylic acids is 1. The molecule has 0 heterocycles. The fourth-order valence-electron chi connectivity index (χ4n) is 2.01. The standard InChI is InChI=1S/C12H23NO2/c1-9(2)5-6-12(8-13,11(14)15)7-10-3-4-10/h9-10H,3-8,13H2,1-2H3,(H,14,15). The summed E-state index contributed by atoms with van der Waals surface area (Å²) in [5.41, 5.74) is 5.04. The lowest BCUT2D eigenvalue weighted by Gasteiger charge is -2.28. The lowest BCUT2D eigenvalue weighted by atomic mass is 9.77. The average molecular weight is 213 g/mol. The minimum absolute atomic E-state index is 0.283. The van der Waals surface area contributed by atoms with Gasteiger partial charge in [-0.3, -0.25) is 4.79 Å². The van der Waals surface area contributed by atoms with E-state index in [1.165, 1.54) is 12.8 Å². The molecular formula is C12H23NO2. The van der Waals surface area contributed by atoms with Gasteiger partial charge in [-0.25, -0.2) is 0 Å². The second kappa shape index (κ2) is 4.97. The van der Waals surface area contributed by atoms with Gasteiger partial charge in [-0.2, -0.15) is 0 Å². The summed E-state index contributed by atoms with van der Waals surface area (Å²) in [6.07, 6.45) is 4.85. The van der Waals surface area contributed by atoms with Crippen LogP contribution in [0.15, 0.2) is 0 Å². The smallest absolute Gasteiger partial charge is 0.310 e. The molecule has 88 valence electrons. The summed E-state index contributed by atoms with van der Waals surface area (Å²) in [5, 5.41) is 9.33. The Hall–Kier alpha value is -0.570. The van der Waals surface area contributed by atoms with E-state index < -0.39 is 11.4 Å². The van der Waals surface area contributed by atoms with Crippen molar-refractivity contribution in [2.24, 2.45) is 23.0 Å². The summed E-state index contributed by atoms with van der Waals surface area (Å²) >= 11 is 0. The summed E-state index contributed by atoms with van der Waals surface area (Å²) in [6, 6.07) is 0. The molecule has 0 spiro atoms. The number of aliphatic carboxylic acids is 1. The second-order valence-corrected chi connectivity index (χ2v) is 5.37. The Balaban J connectivity index is 2.58. The van der Waals surface area contributed by atoms with Gasteiger partial charge >= 0.3 is 5.97 Å². The second-order valence-electron chi connectivity index (χ2n) is 5.37. The van der Waals surface area contributed by atoms with Crippen molar-refractivity contribution in [3.63, 3.8) is 0 Å². The van der Waals surface area contributed by atoms with Crippen LogP contribution in [0.4, 0.5) is 0 Å². The van der Waals surface area contributed by atoms with Gasteiger partial charge in [0.05, 0.1) is 5.41 Å². The molecule has 0 bridgehead atoms. The molecule has 3 N–H and O–H groups in total. The van der Waals surface area contributed by atoms with Gasteiger partial charge < -0.3 is 10.8 Å². The molecule has 0 aromatic heterocycles. The minimum Gasteiger partial charge on any atom is -0.481 e. The quantitative estimate of drug-likeness (QED) is 0.681. The summed E-state index contributed by atoms with van der Waals surface area (Å²) in [6.45, 7) is 4.53. The molecule has 1 rings (SSSR count). The molecule has 1 saturated carbocycles. The molecule has 1 unspecified atom stereocenters. The summed E-state index contributed by atoms with van der Waals surface area (Å²) in [4.78, 5) is 11.3. The van der Waals surface area contributed by atoms with Crippen LogP contribution >= 0.6 is 0 Å². The van der Waals surface area contributed by atoms with Crippen LogP contribution in [-0.2, 0) is 4.79 Å². The van der Waals surface area contributed by atoms with Gasteiger partial charge in [-0.05, 0) is 31.1 Å². The van der Waals surface area contributed by atoms with Gasteiger partial charge in [0.15, 0.2) is 0 Å². The zero-order chi connectivity index (χ0) is 11.5. The third-order valence-corrected chi connectivity index (χ3v) is 3.42. The number of carbonyl (C=O) groups is 1. The third kappa shape index (κ3) is 3.49. The third-order valence-electron chi connectivity index (χ3n) is 3.42. The van der Waals surface area contributed by atoms with Gasteiger partial charge in [0.2, 0.25) is 0 Å². The Kier molecular flexibility index (Phi) is 4.14. The fourth-order valence-corrected chi connectivity index (χ4v) is 2.01. The van der Waals surface area contributed by atoms with Gasteiger partial charge in [0.25, 0.3) is 0 Å². The van der Waals surface area contributed by atoms with Crippen LogP contribution in [0.2, 0.25) is 0 Å². The molecule has 15 heavy (non-hydrogen) atoms. The number of hydrogen-bond donors (Lipinski definition) is 2. The van der Waals surface area contributed by atoms with E-state index in [2.05, 4.69) is 13.8 Å². The molecule has 0 aliphatic heterocycles. The van der Waals surface area contributed by atoms with Crippen LogP contribution in [0.5, 0.6) is 0 Å². The molecule has 1 atom stereocenters. The van der Waals surface area contributed by atoms with Gasteiger partial charge in [-0.15, -0.1) is 0 Å². The first-order valence-electron chi connectivity index (χ1n) is 5.93. The van der Waals surface area contributed by atoms with E-state index in [1.54, 1.807) is 0 Å². The summed E-state index contributed by atoms with van der Waals surface area (Å²) in [5.74, 6) is 0.476. The number of carboxylic acid groups (broad SMARTS) is 1. The summed E-state index contributed by atoms with van der Waals surface area (Å²) in [7, 11) is 0. The highest BCUT2D eigenvalue weighted by atomic mass is 16.4. The van der Waals surface area contributed by atoms with Gasteiger partial charge in [-0.1, -0.05) is 26.7 Å². The van der Waals surface area contributed by atoms with Crippen LogP contribution in [-0.4, -0.2) is 17.6 Å². The maximum absolute atomic E-state index is 11.3. The van der Waals surface area contributed by atoms with E-state index in [1.807, 2.05) is 0 Å². The molecule has 3 nitrogen and oxygen atoms in total. The first-order chi connectivity index (χ1) is 7.00. The van der Waals surface area contributed by atoms with E-state index in [4.69, 9.17) is 5.73 Å². The molecule has 0 aromatic carbocycles. The molecule has 0 amide bonds. The molecule has 1 aliphatic carbocycles. The molecule has 3 heteroatoms. The van der Waals surface area contributed by atoms with Crippen LogP contribution < -0.4 is 5.73 Å². The first kappa shape index (κ1) is 12.5. The zero-order valence-corrected chi connectivity index (χ0v) is 9.83. The van der Waals surface area contributed by atoms with Gasteiger partial charge in [0.1, 0.15) is 0 Å². The zero-order valence-electron chi connectivity index (χ0n) is 9.83. The number of rotatable bonds is 7. The van der Waals surface area contributed by atoms with Crippen molar-refractivity contribution in [2.45, 2.75) is 46.0 Å². The Morgan fingerprint density at radius 1 is 1.53 bits per heavy atom. The highest BCUT2D eigenvalue weighted by Crippen LogP contribution is 2.42. The van der Waals surface area contributed by atoms with Gasteiger partial charge in [0, 0.05) is 6.54 Å². The normalized spacial score (nSPS) is 20.3. The lowest BCUT2D eigenvalue weighted by molar-refractivity contribution is -0.149. The van der Waals surface area contributed by atoms with Crippen LogP contribution in [0.1, 0.15) is 46.0 Å². The minimum atomic E-state index is -0.697. The van der Waals surface area contributed by atoms with Crippen molar-refractivity contribution < 1.29 is 9.90 Å². The average Bonchev–Trinajstić information content (AvgIpc) is 2.95. The molecular weight excluding hydrogens is 190 g/mol. The largest absolute Gasteiger partial charge is 0.481 e.